The summed E-state index contributed by atoms with van der Waals surface area (Å²) in [6.07, 6.45) is 12.2. The second kappa shape index (κ2) is 10.2. The van der Waals surface area contributed by atoms with E-state index in [9.17, 15) is 9.59 Å². The largest absolute Gasteiger partial charge is 0.296 e. The molecule has 0 aromatic carbocycles. The van der Waals surface area contributed by atoms with Crippen LogP contribution in [0.1, 0.15) is 91.4 Å². The molecule has 0 aromatic rings. The van der Waals surface area contributed by atoms with Gasteiger partial charge in [-0.25, -0.2) is 0 Å². The van der Waals surface area contributed by atoms with Crippen molar-refractivity contribution in [1.29, 1.82) is 0 Å². The van der Waals surface area contributed by atoms with Gasteiger partial charge in [-0.2, -0.15) is 0 Å². The first kappa shape index (κ1) is 24.3. The van der Waals surface area contributed by atoms with E-state index >= 15 is 0 Å². The predicted octanol–water partition coefficient (Wildman–Crippen LogP) is 4.88. The van der Waals surface area contributed by atoms with Gasteiger partial charge in [0.05, 0.1) is 0 Å². The number of halogens is 1. The molecule has 5 atom stereocenters. The van der Waals surface area contributed by atoms with Crippen molar-refractivity contribution < 1.29 is 9.59 Å². The summed E-state index contributed by atoms with van der Waals surface area (Å²) in [6, 6.07) is 1.26. The summed E-state index contributed by atoms with van der Waals surface area (Å²) in [6.45, 7) is 7.86. The van der Waals surface area contributed by atoms with E-state index in [-0.39, 0.29) is 23.7 Å². The first-order valence-corrected chi connectivity index (χ1v) is 13.7. The van der Waals surface area contributed by atoms with Gasteiger partial charge in [-0.15, -0.1) is 11.6 Å². The molecule has 182 valence electrons. The van der Waals surface area contributed by atoms with Crippen LogP contribution in [0.25, 0.3) is 0 Å². The number of hydrogen-bond donors (Lipinski definition) is 2. The van der Waals surface area contributed by atoms with Crippen LogP contribution in [0.4, 0.5) is 0 Å². The van der Waals surface area contributed by atoms with Crippen LogP contribution >= 0.6 is 11.6 Å². The topological polar surface area (TPSA) is 61.4 Å². The lowest BCUT2D eigenvalue weighted by atomic mass is 9.70. The SMILES string of the molecule is CC(C)(C)C1CCC(C(=O)NNC(=O)C2CCC3C(C2)C2CCCCC2N3CCCl)CC1. The Bertz CT molecular complexity index is 670. The number of likely N-dealkylation sites (tertiary alicyclic amines) is 1. The van der Waals surface area contributed by atoms with Crippen LogP contribution in [0.5, 0.6) is 0 Å². The van der Waals surface area contributed by atoms with Gasteiger partial charge in [0.1, 0.15) is 0 Å². The molecule has 2 N–H and O–H groups in total. The summed E-state index contributed by atoms with van der Waals surface area (Å²) in [4.78, 5) is 28.3. The van der Waals surface area contributed by atoms with Crippen molar-refractivity contribution >= 4 is 23.4 Å². The van der Waals surface area contributed by atoms with Crippen LogP contribution in [0, 0.1) is 35.0 Å². The summed E-state index contributed by atoms with van der Waals surface area (Å²) < 4.78 is 0. The van der Waals surface area contributed by atoms with Gasteiger partial charge in [0, 0.05) is 36.3 Å². The van der Waals surface area contributed by atoms with E-state index in [2.05, 4.69) is 36.5 Å². The maximum Gasteiger partial charge on any atom is 0.241 e. The minimum absolute atomic E-state index is 0.000827. The average molecular weight is 466 g/mol. The molecule has 4 aliphatic rings. The summed E-state index contributed by atoms with van der Waals surface area (Å²) in [5, 5.41) is 0. The first-order chi connectivity index (χ1) is 15.3. The highest BCUT2D eigenvalue weighted by molar-refractivity contribution is 6.18. The molecule has 3 saturated carbocycles. The number of nitrogens with zero attached hydrogens (tertiary/aromatic N) is 1. The van der Waals surface area contributed by atoms with Crippen molar-refractivity contribution in [2.75, 3.05) is 12.4 Å². The highest BCUT2D eigenvalue weighted by Crippen LogP contribution is 2.50. The van der Waals surface area contributed by atoms with Crippen LogP contribution in [-0.2, 0) is 9.59 Å². The molecule has 2 amide bonds. The zero-order valence-electron chi connectivity index (χ0n) is 20.4. The Hall–Kier alpha value is -0.810. The van der Waals surface area contributed by atoms with Gasteiger partial charge in [0.2, 0.25) is 11.8 Å². The van der Waals surface area contributed by atoms with Gasteiger partial charge in [-0.3, -0.25) is 25.3 Å². The number of fused-ring (bicyclic) bond motifs is 3. The molecule has 0 bridgehead atoms. The van der Waals surface area contributed by atoms with E-state index < -0.39 is 0 Å². The van der Waals surface area contributed by atoms with Crippen molar-refractivity contribution in [2.45, 2.75) is 103 Å². The summed E-state index contributed by atoms with van der Waals surface area (Å²) in [5.74, 6) is 2.78. The van der Waals surface area contributed by atoms with Crippen LogP contribution in [0.2, 0.25) is 0 Å². The van der Waals surface area contributed by atoms with Crippen molar-refractivity contribution in [1.82, 2.24) is 15.8 Å². The molecule has 0 aromatic heterocycles. The van der Waals surface area contributed by atoms with Crippen LogP contribution < -0.4 is 10.9 Å². The molecule has 1 aliphatic heterocycles. The van der Waals surface area contributed by atoms with Crippen LogP contribution in [0.15, 0.2) is 0 Å². The van der Waals surface area contributed by atoms with Gasteiger partial charge in [-0.05, 0) is 81.0 Å². The molecule has 4 fully saturated rings. The smallest absolute Gasteiger partial charge is 0.241 e. The molecule has 5 unspecified atom stereocenters. The minimum atomic E-state index is 0.000827. The van der Waals surface area contributed by atoms with Crippen LogP contribution in [-0.4, -0.2) is 41.2 Å². The third-order valence-corrected chi connectivity index (χ3v) is 9.56. The lowest BCUT2D eigenvalue weighted by Crippen LogP contribution is -2.49. The summed E-state index contributed by atoms with van der Waals surface area (Å²) in [7, 11) is 0. The molecule has 0 radical (unpaired) electrons. The molecular weight excluding hydrogens is 422 g/mol. The molecule has 1 heterocycles. The second-order valence-corrected chi connectivity index (χ2v) is 12.5. The number of amides is 2. The Balaban J connectivity index is 1.27. The number of nitrogens with one attached hydrogen (secondary N) is 2. The van der Waals surface area contributed by atoms with E-state index in [1.165, 1.54) is 25.7 Å². The van der Waals surface area contributed by atoms with Crippen molar-refractivity contribution in [2.24, 2.45) is 35.0 Å². The van der Waals surface area contributed by atoms with Gasteiger partial charge in [0.25, 0.3) is 0 Å². The first-order valence-electron chi connectivity index (χ1n) is 13.2. The number of carbonyl (C=O) groups is 2. The molecule has 5 nitrogen and oxygen atoms in total. The zero-order valence-corrected chi connectivity index (χ0v) is 21.1. The van der Waals surface area contributed by atoms with E-state index in [0.717, 1.165) is 57.4 Å². The van der Waals surface area contributed by atoms with Gasteiger partial charge in [0.15, 0.2) is 0 Å². The van der Waals surface area contributed by atoms with Crippen molar-refractivity contribution in [3.8, 4) is 0 Å². The average Bonchev–Trinajstić information content (AvgIpc) is 3.10. The minimum Gasteiger partial charge on any atom is -0.296 e. The van der Waals surface area contributed by atoms with Gasteiger partial charge < -0.3 is 0 Å². The molecular formula is C26H44ClN3O2. The Morgan fingerprint density at radius 2 is 1.41 bits per heavy atom. The fourth-order valence-electron chi connectivity index (χ4n) is 7.57. The zero-order chi connectivity index (χ0) is 22.9. The molecule has 3 aliphatic carbocycles. The Labute approximate surface area is 199 Å². The number of hydrazine groups is 1. The standard InChI is InChI=1S/C26H44ClN3O2/c1-26(2,3)19-11-8-17(9-12-19)24(31)28-29-25(32)18-10-13-23-21(16-18)20-6-4-5-7-22(20)30(23)15-14-27/h17-23H,4-16H2,1-3H3,(H,28,31)(H,29,32). The molecule has 32 heavy (non-hydrogen) atoms. The number of hydrogen-bond acceptors (Lipinski definition) is 3. The van der Waals surface area contributed by atoms with E-state index in [1.807, 2.05) is 0 Å². The normalized spacial score (nSPS) is 37.9. The van der Waals surface area contributed by atoms with Gasteiger partial charge in [-0.1, -0.05) is 33.6 Å². The third-order valence-electron chi connectivity index (χ3n) is 9.39. The maximum atomic E-state index is 13.0. The van der Waals surface area contributed by atoms with E-state index in [1.54, 1.807) is 0 Å². The van der Waals surface area contributed by atoms with E-state index in [4.69, 9.17) is 11.6 Å². The highest BCUT2D eigenvalue weighted by Gasteiger charge is 2.51. The molecule has 6 heteroatoms. The third kappa shape index (κ3) is 5.14. The Morgan fingerprint density at radius 3 is 2.06 bits per heavy atom. The van der Waals surface area contributed by atoms with Crippen molar-refractivity contribution in [3.05, 3.63) is 0 Å². The second-order valence-electron chi connectivity index (χ2n) is 12.1. The fraction of sp³-hybridized carbons (Fsp3) is 0.923. The van der Waals surface area contributed by atoms with Gasteiger partial charge >= 0.3 is 0 Å². The Morgan fingerprint density at radius 1 is 0.812 bits per heavy atom. The molecule has 1 saturated heterocycles. The monoisotopic (exact) mass is 465 g/mol. The lowest BCUT2D eigenvalue weighted by Gasteiger charge is -2.37. The molecule has 4 rings (SSSR count). The van der Waals surface area contributed by atoms with E-state index in [0.29, 0.717) is 35.2 Å². The van der Waals surface area contributed by atoms with Crippen LogP contribution in [0.3, 0.4) is 0 Å². The van der Waals surface area contributed by atoms with Crippen molar-refractivity contribution in [3.63, 3.8) is 0 Å². The predicted molar refractivity (Wildman–Crippen MR) is 129 cm³/mol. The Kier molecular flexibility index (Phi) is 7.76. The number of carbonyl (C=O) groups excluding carboxylic acids is 2. The highest BCUT2D eigenvalue weighted by atomic mass is 35.5. The maximum absolute atomic E-state index is 13.0. The summed E-state index contributed by atoms with van der Waals surface area (Å²) in [5.41, 5.74) is 5.90. The molecule has 0 spiro atoms. The summed E-state index contributed by atoms with van der Waals surface area (Å²) >= 11 is 6.14. The fourth-order valence-corrected chi connectivity index (χ4v) is 7.77. The number of alkyl halides is 1. The quantitative estimate of drug-likeness (QED) is 0.459. The lowest BCUT2D eigenvalue weighted by molar-refractivity contribution is -0.135. The number of rotatable bonds is 4.